The number of nitrogens with one attached hydrogen (secondary N) is 1. The second-order valence-electron chi connectivity index (χ2n) is 5.24. The van der Waals surface area contributed by atoms with Crippen molar-refractivity contribution in [3.63, 3.8) is 0 Å². The van der Waals surface area contributed by atoms with E-state index in [-0.39, 0.29) is 0 Å². The molecular weight excluding hydrogens is 222 g/mol. The summed E-state index contributed by atoms with van der Waals surface area (Å²) >= 11 is 0. The van der Waals surface area contributed by atoms with Crippen molar-refractivity contribution >= 4 is 0 Å². The van der Waals surface area contributed by atoms with Crippen molar-refractivity contribution in [2.24, 2.45) is 5.92 Å². The van der Waals surface area contributed by atoms with E-state index in [0.717, 1.165) is 24.8 Å². The van der Waals surface area contributed by atoms with E-state index in [1.165, 1.54) is 44.2 Å². The largest absolute Gasteiger partial charge is 0.492 e. The number of rotatable bonds is 9. The van der Waals surface area contributed by atoms with Crippen LogP contribution in [0.1, 0.15) is 38.2 Å². The molecule has 0 unspecified atom stereocenters. The average Bonchev–Trinajstić information content (AvgIpc) is 3.21. The van der Waals surface area contributed by atoms with E-state index in [4.69, 9.17) is 4.74 Å². The van der Waals surface area contributed by atoms with Crippen LogP contribution >= 0.6 is 0 Å². The van der Waals surface area contributed by atoms with Crippen LogP contribution in [0.5, 0.6) is 5.75 Å². The van der Waals surface area contributed by atoms with Gasteiger partial charge < -0.3 is 10.1 Å². The molecule has 2 nitrogen and oxygen atoms in total. The van der Waals surface area contributed by atoms with Crippen LogP contribution in [0.4, 0.5) is 0 Å². The van der Waals surface area contributed by atoms with Crippen molar-refractivity contribution in [3.05, 3.63) is 29.8 Å². The summed E-state index contributed by atoms with van der Waals surface area (Å²) in [5.74, 6) is 1.94. The van der Waals surface area contributed by atoms with Gasteiger partial charge in [0.15, 0.2) is 0 Å². The van der Waals surface area contributed by atoms with Gasteiger partial charge in [-0.1, -0.05) is 25.5 Å². The van der Waals surface area contributed by atoms with Gasteiger partial charge in [-0.15, -0.1) is 0 Å². The lowest BCUT2D eigenvalue weighted by Crippen LogP contribution is -2.23. The molecule has 2 heteroatoms. The van der Waals surface area contributed by atoms with E-state index in [9.17, 15) is 0 Å². The standard InChI is InChI=1S/C16H25NO/c1-2-3-4-14-7-9-16(10-8-14)18-12-11-17-13-15-5-6-15/h7-10,15,17H,2-6,11-13H2,1H3. The summed E-state index contributed by atoms with van der Waals surface area (Å²) in [6.07, 6.45) is 6.52. The highest BCUT2D eigenvalue weighted by atomic mass is 16.5. The maximum Gasteiger partial charge on any atom is 0.119 e. The molecule has 0 saturated heterocycles. The first-order valence-electron chi connectivity index (χ1n) is 7.31. The molecule has 18 heavy (non-hydrogen) atoms. The monoisotopic (exact) mass is 247 g/mol. The van der Waals surface area contributed by atoms with E-state index < -0.39 is 0 Å². The molecule has 1 N–H and O–H groups in total. The summed E-state index contributed by atoms with van der Waals surface area (Å²) < 4.78 is 5.71. The number of unbranched alkanes of at least 4 members (excludes halogenated alkanes) is 1. The number of hydrogen-bond acceptors (Lipinski definition) is 2. The molecule has 0 bridgehead atoms. The highest BCUT2D eigenvalue weighted by molar-refractivity contribution is 5.27. The van der Waals surface area contributed by atoms with Crippen molar-refractivity contribution in [1.29, 1.82) is 0 Å². The highest BCUT2D eigenvalue weighted by Crippen LogP contribution is 2.27. The van der Waals surface area contributed by atoms with Gasteiger partial charge in [-0.2, -0.15) is 0 Å². The predicted molar refractivity (Wildman–Crippen MR) is 76.1 cm³/mol. The Morgan fingerprint density at radius 3 is 2.67 bits per heavy atom. The zero-order valence-corrected chi connectivity index (χ0v) is 11.5. The van der Waals surface area contributed by atoms with Crippen molar-refractivity contribution in [3.8, 4) is 5.75 Å². The normalized spacial score (nSPS) is 14.7. The molecule has 0 spiro atoms. The molecule has 0 radical (unpaired) electrons. The number of benzene rings is 1. The van der Waals surface area contributed by atoms with E-state index >= 15 is 0 Å². The van der Waals surface area contributed by atoms with E-state index in [1.807, 2.05) is 0 Å². The first kappa shape index (κ1) is 13.4. The van der Waals surface area contributed by atoms with Crippen LogP contribution in [0.2, 0.25) is 0 Å². The molecule has 0 atom stereocenters. The molecule has 1 aromatic carbocycles. The van der Waals surface area contributed by atoms with Gasteiger partial charge in [-0.05, 0) is 55.8 Å². The van der Waals surface area contributed by atoms with Crippen LogP contribution in [-0.4, -0.2) is 19.7 Å². The Morgan fingerprint density at radius 1 is 1.22 bits per heavy atom. The van der Waals surface area contributed by atoms with Crippen LogP contribution in [0.25, 0.3) is 0 Å². The SMILES string of the molecule is CCCCc1ccc(OCCNCC2CC2)cc1. The average molecular weight is 247 g/mol. The van der Waals surface area contributed by atoms with Crippen LogP contribution in [0.3, 0.4) is 0 Å². The van der Waals surface area contributed by atoms with Crippen LogP contribution < -0.4 is 10.1 Å². The second-order valence-corrected chi connectivity index (χ2v) is 5.24. The fraction of sp³-hybridized carbons (Fsp3) is 0.625. The number of hydrogen-bond donors (Lipinski definition) is 1. The van der Waals surface area contributed by atoms with Gasteiger partial charge in [-0.3, -0.25) is 0 Å². The van der Waals surface area contributed by atoms with Gasteiger partial charge >= 0.3 is 0 Å². The smallest absolute Gasteiger partial charge is 0.119 e. The van der Waals surface area contributed by atoms with Crippen molar-refractivity contribution in [1.82, 2.24) is 5.32 Å². The minimum atomic E-state index is 0.765. The second kappa shape index (κ2) is 7.42. The summed E-state index contributed by atoms with van der Waals surface area (Å²) in [7, 11) is 0. The molecule has 0 aromatic heterocycles. The zero-order chi connectivity index (χ0) is 12.6. The zero-order valence-electron chi connectivity index (χ0n) is 11.5. The van der Waals surface area contributed by atoms with Crippen LogP contribution in [-0.2, 0) is 6.42 Å². The molecular formula is C16H25NO. The Morgan fingerprint density at radius 2 is 2.00 bits per heavy atom. The Labute approximate surface area is 111 Å². The summed E-state index contributed by atoms with van der Waals surface area (Å²) in [5.41, 5.74) is 1.41. The van der Waals surface area contributed by atoms with Gasteiger partial charge in [-0.25, -0.2) is 0 Å². The van der Waals surface area contributed by atoms with E-state index in [1.54, 1.807) is 0 Å². The van der Waals surface area contributed by atoms with Crippen molar-refractivity contribution in [2.75, 3.05) is 19.7 Å². The Balaban J connectivity index is 1.59. The number of ether oxygens (including phenoxy) is 1. The third-order valence-corrected chi connectivity index (χ3v) is 3.42. The summed E-state index contributed by atoms with van der Waals surface area (Å²) in [6.45, 7) is 5.11. The third-order valence-electron chi connectivity index (χ3n) is 3.42. The van der Waals surface area contributed by atoms with Gasteiger partial charge in [0.2, 0.25) is 0 Å². The fourth-order valence-corrected chi connectivity index (χ4v) is 2.00. The van der Waals surface area contributed by atoms with E-state index in [2.05, 4.69) is 36.5 Å². The molecule has 0 amide bonds. The molecule has 1 aliphatic rings. The maximum atomic E-state index is 5.71. The van der Waals surface area contributed by atoms with E-state index in [0.29, 0.717) is 0 Å². The predicted octanol–water partition coefficient (Wildman–Crippen LogP) is 3.41. The third kappa shape index (κ3) is 5.09. The molecule has 0 aliphatic heterocycles. The molecule has 0 heterocycles. The maximum absolute atomic E-state index is 5.71. The molecule has 1 aliphatic carbocycles. The fourth-order valence-electron chi connectivity index (χ4n) is 2.00. The summed E-state index contributed by atoms with van der Waals surface area (Å²) in [5, 5.41) is 3.43. The lowest BCUT2D eigenvalue weighted by Gasteiger charge is -2.08. The molecule has 1 saturated carbocycles. The number of aryl methyl sites for hydroxylation is 1. The first-order valence-corrected chi connectivity index (χ1v) is 7.31. The topological polar surface area (TPSA) is 21.3 Å². The minimum absolute atomic E-state index is 0.765. The quantitative estimate of drug-likeness (QED) is 0.675. The van der Waals surface area contributed by atoms with Gasteiger partial charge in [0, 0.05) is 6.54 Å². The van der Waals surface area contributed by atoms with Gasteiger partial charge in [0.05, 0.1) is 0 Å². The Hall–Kier alpha value is -1.02. The molecule has 100 valence electrons. The van der Waals surface area contributed by atoms with Gasteiger partial charge in [0.25, 0.3) is 0 Å². The highest BCUT2D eigenvalue weighted by Gasteiger charge is 2.19. The Kier molecular flexibility index (Phi) is 5.53. The summed E-state index contributed by atoms with van der Waals surface area (Å²) in [4.78, 5) is 0. The van der Waals surface area contributed by atoms with Crippen molar-refractivity contribution < 1.29 is 4.74 Å². The minimum Gasteiger partial charge on any atom is -0.492 e. The lowest BCUT2D eigenvalue weighted by molar-refractivity contribution is 0.313. The van der Waals surface area contributed by atoms with Crippen LogP contribution in [0.15, 0.2) is 24.3 Å². The summed E-state index contributed by atoms with van der Waals surface area (Å²) in [6, 6.07) is 8.54. The molecule has 1 aromatic rings. The lowest BCUT2D eigenvalue weighted by atomic mass is 10.1. The van der Waals surface area contributed by atoms with Crippen LogP contribution in [0, 0.1) is 5.92 Å². The Bertz CT molecular complexity index is 329. The first-order chi connectivity index (χ1) is 8.88. The van der Waals surface area contributed by atoms with Crippen molar-refractivity contribution in [2.45, 2.75) is 39.0 Å². The van der Waals surface area contributed by atoms with Gasteiger partial charge in [0.1, 0.15) is 12.4 Å². The molecule has 1 fully saturated rings. The molecule has 2 rings (SSSR count).